The number of aromatic nitrogens is 1. The molecule has 0 spiro atoms. The first kappa shape index (κ1) is 14.1. The molecule has 0 radical (unpaired) electrons. The van der Waals surface area contributed by atoms with Crippen LogP contribution in [0, 0.1) is 12.7 Å². The molecule has 1 aromatic carbocycles. The molecule has 0 unspecified atom stereocenters. The molecule has 0 aliphatic rings. The normalized spacial score (nSPS) is 10.5. The fourth-order valence-electron chi connectivity index (χ4n) is 1.56. The summed E-state index contributed by atoms with van der Waals surface area (Å²) in [4.78, 5) is 16.6. The third-order valence-electron chi connectivity index (χ3n) is 2.43. The van der Waals surface area contributed by atoms with E-state index in [1.807, 2.05) is 0 Å². The number of carbonyl (C=O) groups excluding carboxylic acids is 1. The minimum Gasteiger partial charge on any atom is -0.461 e. The smallest absolute Gasteiger partial charge is 0.358 e. The molecule has 0 saturated heterocycles. The van der Waals surface area contributed by atoms with Gasteiger partial charge in [-0.3, -0.25) is 0 Å². The van der Waals surface area contributed by atoms with Crippen LogP contribution in [0.3, 0.4) is 0 Å². The average Bonchev–Trinajstić information content (AvgIpc) is 2.71. The lowest BCUT2D eigenvalue weighted by Gasteiger charge is -1.99. The summed E-state index contributed by atoms with van der Waals surface area (Å²) in [7, 11) is 0. The summed E-state index contributed by atoms with van der Waals surface area (Å²) in [6.45, 7) is 3.79. The van der Waals surface area contributed by atoms with Crippen LogP contribution in [0.15, 0.2) is 22.7 Å². The first-order valence-corrected chi connectivity index (χ1v) is 7.23. The van der Waals surface area contributed by atoms with Crippen LogP contribution in [-0.2, 0) is 4.74 Å². The largest absolute Gasteiger partial charge is 0.461 e. The summed E-state index contributed by atoms with van der Waals surface area (Å²) in [6, 6.07) is 4.74. The number of aryl methyl sites for hydroxylation is 1. The Morgan fingerprint density at radius 2 is 2.26 bits per heavy atom. The van der Waals surface area contributed by atoms with Gasteiger partial charge in [-0.05, 0) is 32.0 Å². The number of ether oxygens (including phenoxy) is 1. The van der Waals surface area contributed by atoms with E-state index >= 15 is 0 Å². The van der Waals surface area contributed by atoms with Crippen molar-refractivity contribution in [1.29, 1.82) is 0 Å². The highest BCUT2D eigenvalue weighted by Gasteiger charge is 2.18. The first-order valence-electron chi connectivity index (χ1n) is 5.63. The molecule has 1 aromatic heterocycles. The van der Waals surface area contributed by atoms with Gasteiger partial charge in [0.1, 0.15) is 10.8 Å². The van der Waals surface area contributed by atoms with E-state index in [0.717, 1.165) is 4.88 Å². The third kappa shape index (κ3) is 3.01. The van der Waals surface area contributed by atoms with E-state index in [2.05, 4.69) is 20.9 Å². The molecule has 0 aliphatic carbocycles. The van der Waals surface area contributed by atoms with Gasteiger partial charge in [0.25, 0.3) is 0 Å². The minimum absolute atomic E-state index is 0.254. The maximum absolute atomic E-state index is 13.8. The Balaban J connectivity index is 2.42. The molecule has 1 heterocycles. The zero-order valence-corrected chi connectivity index (χ0v) is 12.8. The van der Waals surface area contributed by atoms with Crippen LogP contribution in [0.1, 0.15) is 22.3 Å². The van der Waals surface area contributed by atoms with Gasteiger partial charge >= 0.3 is 5.97 Å². The Kier molecular flexibility index (Phi) is 4.31. The predicted molar refractivity (Wildman–Crippen MR) is 75.9 cm³/mol. The van der Waals surface area contributed by atoms with Crippen molar-refractivity contribution in [1.82, 2.24) is 4.98 Å². The zero-order valence-electron chi connectivity index (χ0n) is 10.4. The second kappa shape index (κ2) is 5.79. The maximum atomic E-state index is 13.8. The number of benzene rings is 1. The SMILES string of the molecule is CCOC(=O)c1nc(-c2ccc(Br)cc2F)sc1C. The molecule has 6 heteroatoms. The van der Waals surface area contributed by atoms with E-state index in [9.17, 15) is 9.18 Å². The van der Waals surface area contributed by atoms with Crippen LogP contribution < -0.4 is 0 Å². The molecule has 19 heavy (non-hydrogen) atoms. The molecular weight excluding hydrogens is 333 g/mol. The monoisotopic (exact) mass is 343 g/mol. The van der Waals surface area contributed by atoms with Crippen LogP contribution in [-0.4, -0.2) is 17.6 Å². The molecule has 0 aliphatic heterocycles. The van der Waals surface area contributed by atoms with Gasteiger partial charge in [-0.25, -0.2) is 14.2 Å². The Bertz CT molecular complexity index is 627. The molecule has 3 nitrogen and oxygen atoms in total. The van der Waals surface area contributed by atoms with Crippen molar-refractivity contribution in [3.8, 4) is 10.6 Å². The van der Waals surface area contributed by atoms with Crippen molar-refractivity contribution in [2.45, 2.75) is 13.8 Å². The molecule has 2 rings (SSSR count). The van der Waals surface area contributed by atoms with E-state index in [-0.39, 0.29) is 18.1 Å². The second-order valence-corrected chi connectivity index (χ2v) is 5.89. The predicted octanol–water partition coefficient (Wildman–Crippen LogP) is 4.20. The van der Waals surface area contributed by atoms with Gasteiger partial charge < -0.3 is 4.74 Å². The number of esters is 1. The van der Waals surface area contributed by atoms with Gasteiger partial charge in [-0.15, -0.1) is 11.3 Å². The highest BCUT2D eigenvalue weighted by molar-refractivity contribution is 9.10. The van der Waals surface area contributed by atoms with Crippen LogP contribution in [0.2, 0.25) is 0 Å². The summed E-state index contributed by atoms with van der Waals surface area (Å²) in [5.41, 5.74) is 0.635. The van der Waals surface area contributed by atoms with Crippen molar-refractivity contribution >= 4 is 33.2 Å². The van der Waals surface area contributed by atoms with Gasteiger partial charge in [0.05, 0.1) is 6.61 Å². The number of nitrogens with zero attached hydrogens (tertiary/aromatic N) is 1. The van der Waals surface area contributed by atoms with Gasteiger partial charge in [0.2, 0.25) is 0 Å². The summed E-state index contributed by atoms with van der Waals surface area (Å²) >= 11 is 4.48. The Labute approximate surface area is 122 Å². The summed E-state index contributed by atoms with van der Waals surface area (Å²) < 4.78 is 19.4. The number of hydrogen-bond acceptors (Lipinski definition) is 4. The van der Waals surface area contributed by atoms with Crippen LogP contribution in [0.5, 0.6) is 0 Å². The molecule has 0 atom stereocenters. The maximum Gasteiger partial charge on any atom is 0.358 e. The van der Waals surface area contributed by atoms with Gasteiger partial charge in [0, 0.05) is 14.9 Å². The van der Waals surface area contributed by atoms with Crippen molar-refractivity contribution in [3.05, 3.63) is 39.1 Å². The number of halogens is 2. The molecular formula is C13H11BrFNO2S. The van der Waals surface area contributed by atoms with Crippen molar-refractivity contribution in [3.63, 3.8) is 0 Å². The lowest BCUT2D eigenvalue weighted by Crippen LogP contribution is -2.06. The lowest BCUT2D eigenvalue weighted by atomic mass is 10.2. The number of carbonyl (C=O) groups is 1. The van der Waals surface area contributed by atoms with Crippen LogP contribution in [0.4, 0.5) is 4.39 Å². The standard InChI is InChI=1S/C13H11BrFNO2S/c1-3-18-13(17)11-7(2)19-12(16-11)9-5-4-8(14)6-10(9)15/h4-6H,3H2,1-2H3. The number of hydrogen-bond donors (Lipinski definition) is 0. The summed E-state index contributed by atoms with van der Waals surface area (Å²) in [5, 5.41) is 0.477. The molecule has 0 fully saturated rings. The van der Waals surface area contributed by atoms with E-state index in [1.165, 1.54) is 17.4 Å². The van der Waals surface area contributed by atoms with E-state index in [1.54, 1.807) is 26.0 Å². The molecule has 0 amide bonds. The quantitative estimate of drug-likeness (QED) is 0.784. The van der Waals surface area contributed by atoms with Crippen molar-refractivity contribution in [2.24, 2.45) is 0 Å². The fourth-order valence-corrected chi connectivity index (χ4v) is 2.82. The minimum atomic E-state index is -0.472. The molecule has 0 N–H and O–H groups in total. The lowest BCUT2D eigenvalue weighted by molar-refractivity contribution is 0.0519. The average molecular weight is 344 g/mol. The zero-order chi connectivity index (χ0) is 14.0. The molecule has 2 aromatic rings. The fraction of sp³-hybridized carbons (Fsp3) is 0.231. The van der Waals surface area contributed by atoms with Gasteiger partial charge in [-0.1, -0.05) is 15.9 Å². The van der Waals surface area contributed by atoms with E-state index < -0.39 is 5.97 Å². The van der Waals surface area contributed by atoms with Gasteiger partial charge in [-0.2, -0.15) is 0 Å². The van der Waals surface area contributed by atoms with E-state index in [0.29, 0.717) is 15.0 Å². The van der Waals surface area contributed by atoms with Crippen molar-refractivity contribution < 1.29 is 13.9 Å². The van der Waals surface area contributed by atoms with E-state index in [4.69, 9.17) is 4.74 Å². The highest BCUT2D eigenvalue weighted by atomic mass is 79.9. The number of rotatable bonds is 3. The molecule has 100 valence electrons. The Morgan fingerprint density at radius 1 is 1.53 bits per heavy atom. The van der Waals surface area contributed by atoms with Gasteiger partial charge in [0.15, 0.2) is 5.69 Å². The van der Waals surface area contributed by atoms with Crippen molar-refractivity contribution in [2.75, 3.05) is 6.61 Å². The summed E-state index contributed by atoms with van der Waals surface area (Å²) in [6.07, 6.45) is 0. The Morgan fingerprint density at radius 3 is 2.89 bits per heavy atom. The third-order valence-corrected chi connectivity index (χ3v) is 3.92. The first-order chi connectivity index (χ1) is 9.02. The second-order valence-electron chi connectivity index (χ2n) is 3.77. The number of thiazole rings is 1. The summed E-state index contributed by atoms with van der Waals surface area (Å²) in [5.74, 6) is -0.849. The Hall–Kier alpha value is -1.27. The highest BCUT2D eigenvalue weighted by Crippen LogP contribution is 2.31. The molecule has 0 bridgehead atoms. The molecule has 0 saturated carbocycles. The van der Waals surface area contributed by atoms with Crippen LogP contribution >= 0.6 is 27.3 Å². The topological polar surface area (TPSA) is 39.2 Å². The van der Waals surface area contributed by atoms with Crippen LogP contribution in [0.25, 0.3) is 10.6 Å².